The maximum absolute atomic E-state index is 9.67. The first-order valence-corrected chi connectivity index (χ1v) is 9.27. The molecule has 138 valence electrons. The molecule has 0 spiro atoms. The fourth-order valence-electron chi connectivity index (χ4n) is 3.13. The van der Waals surface area contributed by atoms with Crippen LogP contribution >= 0.6 is 11.3 Å². The minimum Gasteiger partial charge on any atom is -0.496 e. The largest absolute Gasteiger partial charge is 0.496 e. The van der Waals surface area contributed by atoms with E-state index in [9.17, 15) is 5.11 Å². The van der Waals surface area contributed by atoms with Gasteiger partial charge in [0.25, 0.3) is 0 Å². The molecule has 0 atom stereocenters. The van der Waals surface area contributed by atoms with E-state index >= 15 is 0 Å². The molecule has 7 heteroatoms. The summed E-state index contributed by atoms with van der Waals surface area (Å²) in [5.41, 5.74) is 6.14. The van der Waals surface area contributed by atoms with Gasteiger partial charge in [0.05, 0.1) is 48.3 Å². The second-order valence-electron chi connectivity index (χ2n) is 6.28. The van der Waals surface area contributed by atoms with E-state index < -0.39 is 0 Å². The van der Waals surface area contributed by atoms with E-state index in [0.717, 1.165) is 48.7 Å². The van der Waals surface area contributed by atoms with Crippen LogP contribution in [0.4, 0.5) is 0 Å². The molecule has 2 aromatic carbocycles. The number of aryl methyl sites for hydroxylation is 1. The van der Waals surface area contributed by atoms with Gasteiger partial charge in [0.1, 0.15) is 10.8 Å². The highest BCUT2D eigenvalue weighted by molar-refractivity contribution is 7.21. The Morgan fingerprint density at radius 2 is 1.81 bits per heavy atom. The fraction of sp³-hybridized carbons (Fsp3) is 0.250. The third kappa shape index (κ3) is 2.89. The molecule has 0 aliphatic rings. The number of hydrogen-bond donors (Lipinski definition) is 1. The van der Waals surface area contributed by atoms with Gasteiger partial charge in [-0.2, -0.15) is 0 Å². The summed E-state index contributed by atoms with van der Waals surface area (Å²) in [5, 5.41) is 10.5. The third-order valence-corrected chi connectivity index (χ3v) is 5.76. The van der Waals surface area contributed by atoms with Crippen LogP contribution in [0.25, 0.3) is 31.8 Å². The quantitative estimate of drug-likeness (QED) is 0.575. The van der Waals surface area contributed by atoms with Crippen LogP contribution in [0.3, 0.4) is 0 Å². The van der Waals surface area contributed by atoms with Crippen LogP contribution in [-0.4, -0.2) is 34.3 Å². The average molecular weight is 381 g/mol. The van der Waals surface area contributed by atoms with Crippen LogP contribution < -0.4 is 9.47 Å². The van der Waals surface area contributed by atoms with Crippen molar-refractivity contribution in [3.63, 3.8) is 0 Å². The van der Waals surface area contributed by atoms with Crippen LogP contribution in [0.1, 0.15) is 16.7 Å². The first kappa shape index (κ1) is 17.6. The Hall–Kier alpha value is -2.77. The van der Waals surface area contributed by atoms with Crippen molar-refractivity contribution in [1.29, 1.82) is 0 Å². The van der Waals surface area contributed by atoms with E-state index in [1.54, 1.807) is 31.8 Å². The fourth-order valence-corrected chi connectivity index (χ4v) is 4.21. The van der Waals surface area contributed by atoms with Crippen molar-refractivity contribution < 1.29 is 14.6 Å². The van der Waals surface area contributed by atoms with Crippen molar-refractivity contribution >= 4 is 32.6 Å². The molecule has 0 aliphatic heterocycles. The van der Waals surface area contributed by atoms with Gasteiger partial charge in [0, 0.05) is 5.56 Å². The summed E-state index contributed by atoms with van der Waals surface area (Å²) in [5.74, 6) is 1.29. The van der Waals surface area contributed by atoms with Gasteiger partial charge in [-0.25, -0.2) is 15.0 Å². The number of ether oxygens (including phenoxy) is 2. The van der Waals surface area contributed by atoms with Crippen molar-refractivity contribution in [3.05, 3.63) is 41.1 Å². The number of rotatable bonds is 4. The molecule has 4 aromatic rings. The van der Waals surface area contributed by atoms with Crippen LogP contribution in [0.15, 0.2) is 24.4 Å². The standard InChI is InChI=1S/C20H19N3O3S/c1-10-11(2)18-16(7-15(10)25-3)27-20(23-18)13-5-12(9-24)6-14-19(13)21-8-17(22-14)26-4/h5-8,24H,9H2,1-4H3. The number of thiazole rings is 1. The lowest BCUT2D eigenvalue weighted by molar-refractivity contribution is 0.282. The maximum Gasteiger partial charge on any atom is 0.232 e. The molecule has 2 aromatic heterocycles. The van der Waals surface area contributed by atoms with Gasteiger partial charge >= 0.3 is 0 Å². The first-order chi connectivity index (χ1) is 13.0. The van der Waals surface area contributed by atoms with Crippen LogP contribution in [0.2, 0.25) is 0 Å². The monoisotopic (exact) mass is 381 g/mol. The van der Waals surface area contributed by atoms with Gasteiger partial charge < -0.3 is 14.6 Å². The molecule has 0 saturated heterocycles. The summed E-state index contributed by atoms with van der Waals surface area (Å²) in [6.45, 7) is 4.00. The van der Waals surface area contributed by atoms with Gasteiger partial charge in [-0.15, -0.1) is 11.3 Å². The maximum atomic E-state index is 9.67. The Balaban J connectivity index is 2.00. The molecule has 27 heavy (non-hydrogen) atoms. The minimum absolute atomic E-state index is 0.0846. The highest BCUT2D eigenvalue weighted by Gasteiger charge is 2.17. The molecular formula is C20H19N3O3S. The molecule has 0 saturated carbocycles. The number of benzene rings is 2. The van der Waals surface area contributed by atoms with Crippen molar-refractivity contribution in [2.24, 2.45) is 0 Å². The Bertz CT molecular complexity index is 1170. The summed E-state index contributed by atoms with van der Waals surface area (Å²) < 4.78 is 11.7. The van der Waals surface area contributed by atoms with Crippen molar-refractivity contribution in [2.75, 3.05) is 14.2 Å². The smallest absolute Gasteiger partial charge is 0.232 e. The summed E-state index contributed by atoms with van der Waals surface area (Å²) in [6, 6.07) is 5.76. The summed E-state index contributed by atoms with van der Waals surface area (Å²) >= 11 is 1.57. The molecule has 0 unspecified atom stereocenters. The van der Waals surface area contributed by atoms with E-state index in [1.807, 2.05) is 25.1 Å². The van der Waals surface area contributed by atoms with E-state index in [2.05, 4.69) is 16.9 Å². The number of hydrogen-bond acceptors (Lipinski definition) is 7. The summed E-state index contributed by atoms with van der Waals surface area (Å²) in [7, 11) is 3.23. The lowest BCUT2D eigenvalue weighted by Crippen LogP contribution is -1.95. The zero-order valence-electron chi connectivity index (χ0n) is 15.5. The summed E-state index contributed by atoms with van der Waals surface area (Å²) in [6.07, 6.45) is 1.59. The molecule has 0 aliphatic carbocycles. The van der Waals surface area contributed by atoms with E-state index in [0.29, 0.717) is 11.4 Å². The van der Waals surface area contributed by atoms with Crippen LogP contribution in [0.5, 0.6) is 11.6 Å². The lowest BCUT2D eigenvalue weighted by atomic mass is 10.1. The number of fused-ring (bicyclic) bond motifs is 2. The van der Waals surface area contributed by atoms with Crippen LogP contribution in [0, 0.1) is 13.8 Å². The van der Waals surface area contributed by atoms with E-state index in [4.69, 9.17) is 14.5 Å². The van der Waals surface area contributed by atoms with Gasteiger partial charge in [-0.1, -0.05) is 0 Å². The zero-order valence-corrected chi connectivity index (χ0v) is 16.3. The molecule has 0 amide bonds. The lowest BCUT2D eigenvalue weighted by Gasteiger charge is -2.07. The van der Waals surface area contributed by atoms with Gasteiger partial charge in [0.15, 0.2) is 0 Å². The van der Waals surface area contributed by atoms with Gasteiger partial charge in [-0.05, 0) is 48.7 Å². The highest BCUT2D eigenvalue weighted by Crippen LogP contribution is 2.38. The van der Waals surface area contributed by atoms with Crippen molar-refractivity contribution in [3.8, 4) is 22.2 Å². The zero-order chi connectivity index (χ0) is 19.1. The Kier molecular flexibility index (Phi) is 4.41. The number of nitrogens with zero attached hydrogens (tertiary/aromatic N) is 3. The topological polar surface area (TPSA) is 77.4 Å². The Morgan fingerprint density at radius 1 is 1.00 bits per heavy atom. The number of aliphatic hydroxyl groups is 1. The molecule has 0 radical (unpaired) electrons. The number of methoxy groups -OCH3 is 2. The Labute approximate surface area is 160 Å². The van der Waals surface area contributed by atoms with E-state index in [1.165, 1.54) is 0 Å². The predicted molar refractivity (Wildman–Crippen MR) is 107 cm³/mol. The molecule has 4 rings (SSSR count). The second kappa shape index (κ2) is 6.75. The normalized spacial score (nSPS) is 11.3. The predicted octanol–water partition coefficient (Wildman–Crippen LogP) is 4.03. The average Bonchev–Trinajstić information content (AvgIpc) is 3.13. The molecule has 0 fully saturated rings. The Morgan fingerprint density at radius 3 is 2.52 bits per heavy atom. The first-order valence-electron chi connectivity index (χ1n) is 8.45. The van der Waals surface area contributed by atoms with Crippen molar-refractivity contribution in [2.45, 2.75) is 20.5 Å². The summed E-state index contributed by atoms with van der Waals surface area (Å²) in [4.78, 5) is 13.9. The second-order valence-corrected chi connectivity index (χ2v) is 7.31. The van der Waals surface area contributed by atoms with Crippen LogP contribution in [-0.2, 0) is 6.61 Å². The van der Waals surface area contributed by atoms with E-state index in [-0.39, 0.29) is 6.61 Å². The highest BCUT2D eigenvalue weighted by atomic mass is 32.1. The number of aromatic nitrogens is 3. The molecule has 1 N–H and O–H groups in total. The SMILES string of the molecule is COc1cnc2c(-c3nc4c(C)c(C)c(OC)cc4s3)cc(CO)cc2n1. The van der Waals surface area contributed by atoms with Crippen molar-refractivity contribution in [1.82, 2.24) is 15.0 Å². The third-order valence-electron chi connectivity index (χ3n) is 4.73. The minimum atomic E-state index is -0.0846. The molecule has 0 bridgehead atoms. The van der Waals surface area contributed by atoms with Gasteiger partial charge in [-0.3, -0.25) is 0 Å². The molecule has 6 nitrogen and oxygen atoms in total. The molecule has 2 heterocycles. The molecular weight excluding hydrogens is 362 g/mol. The van der Waals surface area contributed by atoms with Gasteiger partial charge in [0.2, 0.25) is 5.88 Å². The number of aliphatic hydroxyl groups excluding tert-OH is 1.